The van der Waals surface area contributed by atoms with Gasteiger partial charge in [0.2, 0.25) is 15.9 Å². The van der Waals surface area contributed by atoms with Gasteiger partial charge in [0, 0.05) is 29.4 Å². The number of fused-ring (bicyclic) bond motifs is 1. The van der Waals surface area contributed by atoms with Crippen molar-refractivity contribution in [1.29, 1.82) is 0 Å². The molecule has 2 N–H and O–H groups in total. The molecule has 12 heteroatoms. The topological polar surface area (TPSA) is 105 Å². The monoisotopic (exact) mass is 645 g/mol. The molecule has 2 amide bonds. The summed E-state index contributed by atoms with van der Waals surface area (Å²) in [5, 5.41) is 7.10. The predicted octanol–water partition coefficient (Wildman–Crippen LogP) is 5.15. The zero-order valence-corrected chi connectivity index (χ0v) is 25.6. The first-order chi connectivity index (χ1) is 20.2. The Hall–Kier alpha value is -2.99. The maximum absolute atomic E-state index is 13.4. The third-order valence-electron chi connectivity index (χ3n) is 6.95. The number of morpholine rings is 1. The molecule has 8 nitrogen and oxygen atoms in total. The number of aryl methyl sites for hydroxylation is 1. The van der Waals surface area contributed by atoms with Crippen molar-refractivity contribution in [3.05, 3.63) is 99.3 Å². The Morgan fingerprint density at radius 1 is 1.02 bits per heavy atom. The fourth-order valence-corrected chi connectivity index (χ4v) is 7.91. The van der Waals surface area contributed by atoms with Gasteiger partial charge in [0.15, 0.2) is 0 Å². The molecule has 0 radical (unpaired) electrons. The number of carbonyl (C=O) groups is 2. The van der Waals surface area contributed by atoms with Gasteiger partial charge in [-0.15, -0.1) is 11.3 Å². The molecule has 3 aromatic carbocycles. The highest BCUT2D eigenvalue weighted by atomic mass is 35.5. The van der Waals surface area contributed by atoms with E-state index >= 15 is 0 Å². The second-order valence-electron chi connectivity index (χ2n) is 9.87. The van der Waals surface area contributed by atoms with Crippen LogP contribution >= 0.6 is 34.5 Å². The fourth-order valence-electron chi connectivity index (χ4n) is 4.74. The summed E-state index contributed by atoms with van der Waals surface area (Å²) in [4.78, 5) is 27.0. The van der Waals surface area contributed by atoms with E-state index in [1.165, 1.54) is 33.8 Å². The average Bonchev–Trinajstić information content (AvgIpc) is 3.43. The summed E-state index contributed by atoms with van der Waals surface area (Å²) in [6.45, 7) is 0.409. The Labute approximate surface area is 258 Å². The minimum atomic E-state index is -3.90. The Morgan fingerprint density at radius 3 is 2.55 bits per heavy atom. The number of rotatable bonds is 10. The van der Waals surface area contributed by atoms with Gasteiger partial charge in [-0.3, -0.25) is 9.59 Å². The summed E-state index contributed by atoms with van der Waals surface area (Å²) in [5.41, 5.74) is 1.05. The first-order valence-corrected chi connectivity index (χ1v) is 16.4. The number of ether oxygens (including phenoxy) is 1. The molecule has 0 saturated carbocycles. The maximum Gasteiger partial charge on any atom is 0.262 e. The van der Waals surface area contributed by atoms with Crippen LogP contribution in [-0.4, -0.2) is 62.9 Å². The predicted molar refractivity (Wildman–Crippen MR) is 166 cm³/mol. The molecular weight excluding hydrogens is 617 g/mol. The molecule has 2 atom stereocenters. The number of sulfonamides is 1. The van der Waals surface area contributed by atoms with Crippen molar-refractivity contribution in [2.24, 2.45) is 0 Å². The molecule has 4 aromatic rings. The number of carbonyl (C=O) groups excluding carboxylic acids is 2. The third kappa shape index (κ3) is 7.31. The van der Waals surface area contributed by atoms with Crippen LogP contribution in [0.3, 0.4) is 0 Å². The molecule has 1 fully saturated rings. The van der Waals surface area contributed by atoms with E-state index in [9.17, 15) is 18.0 Å². The van der Waals surface area contributed by atoms with E-state index in [4.69, 9.17) is 27.9 Å². The van der Waals surface area contributed by atoms with Crippen LogP contribution in [-0.2, 0) is 26.0 Å². The van der Waals surface area contributed by atoms with Crippen molar-refractivity contribution in [3.63, 3.8) is 0 Å². The van der Waals surface area contributed by atoms with Crippen molar-refractivity contribution in [2.45, 2.75) is 29.9 Å². The molecule has 42 heavy (non-hydrogen) atoms. The summed E-state index contributed by atoms with van der Waals surface area (Å²) in [6, 6.07) is 22.7. The largest absolute Gasteiger partial charge is 0.374 e. The Balaban J connectivity index is 1.25. The maximum atomic E-state index is 13.4. The minimum Gasteiger partial charge on any atom is -0.374 e. The third-order valence-corrected chi connectivity index (χ3v) is 10.7. The van der Waals surface area contributed by atoms with Gasteiger partial charge in [0.25, 0.3) is 5.91 Å². The lowest BCUT2D eigenvalue weighted by Gasteiger charge is -2.32. The lowest BCUT2D eigenvalue weighted by Crippen LogP contribution is -2.52. The van der Waals surface area contributed by atoms with Crippen molar-refractivity contribution in [1.82, 2.24) is 14.9 Å². The van der Waals surface area contributed by atoms with Gasteiger partial charge in [0.1, 0.15) is 10.9 Å². The van der Waals surface area contributed by atoms with Crippen LogP contribution in [0.5, 0.6) is 0 Å². The number of amides is 2. The molecule has 0 aliphatic carbocycles. The molecule has 2 heterocycles. The smallest absolute Gasteiger partial charge is 0.262 e. The lowest BCUT2D eigenvalue weighted by molar-refractivity contribution is -0.124. The molecule has 0 bridgehead atoms. The molecule has 1 unspecified atom stereocenters. The van der Waals surface area contributed by atoms with Crippen molar-refractivity contribution in [2.75, 3.05) is 26.2 Å². The highest BCUT2D eigenvalue weighted by molar-refractivity contribution is 7.89. The van der Waals surface area contributed by atoms with E-state index in [1.807, 2.05) is 60.7 Å². The van der Waals surface area contributed by atoms with Crippen LogP contribution in [0.1, 0.15) is 21.7 Å². The van der Waals surface area contributed by atoms with Gasteiger partial charge < -0.3 is 15.4 Å². The summed E-state index contributed by atoms with van der Waals surface area (Å²) < 4.78 is 34.6. The van der Waals surface area contributed by atoms with E-state index < -0.39 is 22.2 Å². The highest BCUT2D eigenvalue weighted by Crippen LogP contribution is 2.29. The van der Waals surface area contributed by atoms with Crippen molar-refractivity contribution in [3.8, 4) is 0 Å². The zero-order chi connectivity index (χ0) is 29.7. The molecule has 5 rings (SSSR count). The van der Waals surface area contributed by atoms with Crippen LogP contribution in [0.25, 0.3) is 10.1 Å². The van der Waals surface area contributed by atoms with E-state index in [2.05, 4.69) is 10.6 Å². The lowest BCUT2D eigenvalue weighted by atomic mass is 10.0. The number of benzene rings is 3. The van der Waals surface area contributed by atoms with E-state index in [-0.39, 0.29) is 48.0 Å². The number of halogens is 2. The second kappa shape index (κ2) is 13.5. The zero-order valence-electron chi connectivity index (χ0n) is 22.5. The highest BCUT2D eigenvalue weighted by Gasteiger charge is 2.33. The molecule has 0 spiro atoms. The van der Waals surface area contributed by atoms with Gasteiger partial charge in [0.05, 0.1) is 22.6 Å². The van der Waals surface area contributed by atoms with E-state index in [0.29, 0.717) is 22.7 Å². The summed E-state index contributed by atoms with van der Waals surface area (Å²) in [5.74, 6) is -0.694. The molecule has 1 aliphatic heterocycles. The minimum absolute atomic E-state index is 0.0321. The number of nitrogens with one attached hydrogen (secondary N) is 2. The van der Waals surface area contributed by atoms with Crippen LogP contribution in [0.4, 0.5) is 0 Å². The van der Waals surface area contributed by atoms with Gasteiger partial charge in [-0.1, -0.05) is 71.7 Å². The van der Waals surface area contributed by atoms with Crippen LogP contribution in [0, 0.1) is 0 Å². The first-order valence-electron chi connectivity index (χ1n) is 13.4. The molecule has 1 saturated heterocycles. The van der Waals surface area contributed by atoms with Crippen molar-refractivity contribution >= 4 is 66.5 Å². The quantitative estimate of drug-likeness (QED) is 0.248. The van der Waals surface area contributed by atoms with Gasteiger partial charge in [-0.2, -0.15) is 4.31 Å². The second-order valence-corrected chi connectivity index (χ2v) is 13.7. The Morgan fingerprint density at radius 2 is 1.79 bits per heavy atom. The average molecular weight is 647 g/mol. The van der Waals surface area contributed by atoms with Gasteiger partial charge in [-0.05, 0) is 54.1 Å². The van der Waals surface area contributed by atoms with Crippen LogP contribution < -0.4 is 10.6 Å². The van der Waals surface area contributed by atoms with Crippen molar-refractivity contribution < 1.29 is 22.7 Å². The van der Waals surface area contributed by atoms with Gasteiger partial charge >= 0.3 is 0 Å². The number of thiophene rings is 1. The standard InChI is InChI=1S/C30H29Cl2N3O5S2/c31-22-11-13-28(24(32)17-22)42(38,39)35-14-15-40-23(19-35)18-33-29(36)25(12-10-20-6-2-1-3-7-20)34-30(37)27-16-21-8-4-5-9-26(21)41-27/h1-9,11,13,16-17,23,25H,10,12,14-15,18-19H2,(H,33,36)(H,34,37)/t23?,25-/m0/s1. The normalized spacial score (nSPS) is 16.7. The SMILES string of the molecule is O=C(N[C@@H](CCc1ccccc1)C(=O)NCC1CN(S(=O)(=O)c2ccc(Cl)cc2Cl)CCO1)c1cc2ccccc2s1. The van der Waals surface area contributed by atoms with Gasteiger partial charge in [-0.25, -0.2) is 8.42 Å². The van der Waals surface area contributed by atoms with Crippen LogP contribution in [0.15, 0.2) is 83.8 Å². The molecule has 1 aliphatic rings. The Kier molecular flexibility index (Phi) is 9.82. The number of nitrogens with zero attached hydrogens (tertiary/aromatic N) is 1. The summed E-state index contributed by atoms with van der Waals surface area (Å²) in [6.07, 6.45) is 0.379. The number of hydrogen-bond acceptors (Lipinski definition) is 6. The molecule has 220 valence electrons. The summed E-state index contributed by atoms with van der Waals surface area (Å²) in [7, 11) is -3.90. The van der Waals surface area contributed by atoms with Crippen LogP contribution in [0.2, 0.25) is 10.0 Å². The van der Waals surface area contributed by atoms with E-state index in [1.54, 1.807) is 0 Å². The number of hydrogen-bond donors (Lipinski definition) is 2. The fraction of sp³-hybridized carbons (Fsp3) is 0.267. The first kappa shape index (κ1) is 30.5. The van der Waals surface area contributed by atoms with E-state index in [0.717, 1.165) is 15.6 Å². The molecule has 1 aromatic heterocycles. The molecular formula is C30H29Cl2N3O5S2. The Bertz CT molecular complexity index is 1650. The summed E-state index contributed by atoms with van der Waals surface area (Å²) >= 11 is 13.5.